The fourth-order valence-electron chi connectivity index (χ4n) is 3.16. The summed E-state index contributed by atoms with van der Waals surface area (Å²) in [5.74, 6) is -0.213. The van der Waals surface area contributed by atoms with Crippen molar-refractivity contribution in [2.24, 2.45) is 0 Å². The van der Waals surface area contributed by atoms with Crippen molar-refractivity contribution in [3.05, 3.63) is 72.0 Å². The Kier molecular flexibility index (Phi) is 6.04. The summed E-state index contributed by atoms with van der Waals surface area (Å²) in [6, 6.07) is 18.8. The second-order valence-corrected chi connectivity index (χ2v) is 7.86. The van der Waals surface area contributed by atoms with Gasteiger partial charge >= 0.3 is 5.97 Å². The molecule has 0 saturated carbocycles. The van der Waals surface area contributed by atoms with Crippen LogP contribution in [0.5, 0.6) is 0 Å². The lowest BCUT2D eigenvalue weighted by molar-refractivity contribution is -0.145. The van der Waals surface area contributed by atoms with Crippen molar-refractivity contribution in [3.8, 4) is 0 Å². The maximum absolute atomic E-state index is 12.3. The smallest absolute Gasteiger partial charge is 0.325 e. The summed E-state index contributed by atoms with van der Waals surface area (Å²) in [6.45, 7) is -0.263. The summed E-state index contributed by atoms with van der Waals surface area (Å²) >= 11 is 1.41. The number of furan rings is 1. The minimum atomic E-state index is -0.539. The number of hydrogen-bond donors (Lipinski definition) is 1. The number of carbonyl (C=O) groups is 3. The number of ether oxygens (including phenoxy) is 1. The molecule has 1 saturated heterocycles. The molecule has 7 nitrogen and oxygen atoms in total. The van der Waals surface area contributed by atoms with Crippen LogP contribution >= 0.6 is 11.8 Å². The molecule has 1 aromatic heterocycles. The standard InChI is InChI=1S/C22H20N2O5S/c25-19(23-11-21(27)28-13-15-6-2-1-3-7-15)12-24-20(26)14-30-22(24)18-10-16-8-4-5-9-17(16)29-18/h1-10,22H,11-14H2,(H,23,25). The molecule has 8 heteroatoms. The number of nitrogens with zero attached hydrogens (tertiary/aromatic N) is 1. The van der Waals surface area contributed by atoms with Crippen molar-refractivity contribution >= 4 is 40.5 Å². The van der Waals surface area contributed by atoms with Crippen LogP contribution in [0.2, 0.25) is 0 Å². The summed E-state index contributed by atoms with van der Waals surface area (Å²) in [5.41, 5.74) is 1.60. The number of thioether (sulfide) groups is 1. The molecule has 1 unspecified atom stereocenters. The Morgan fingerprint density at radius 2 is 1.90 bits per heavy atom. The number of nitrogens with one attached hydrogen (secondary N) is 1. The predicted octanol–water partition coefficient (Wildman–Crippen LogP) is 2.87. The van der Waals surface area contributed by atoms with Gasteiger partial charge in [-0.1, -0.05) is 48.5 Å². The number of para-hydroxylation sites is 1. The van der Waals surface area contributed by atoms with Gasteiger partial charge in [0.05, 0.1) is 5.75 Å². The van der Waals surface area contributed by atoms with E-state index in [0.29, 0.717) is 5.76 Å². The molecule has 3 aromatic rings. The van der Waals surface area contributed by atoms with E-state index in [0.717, 1.165) is 16.5 Å². The fourth-order valence-corrected chi connectivity index (χ4v) is 4.27. The van der Waals surface area contributed by atoms with Crippen molar-refractivity contribution < 1.29 is 23.5 Å². The zero-order valence-electron chi connectivity index (χ0n) is 16.1. The van der Waals surface area contributed by atoms with Gasteiger partial charge in [0, 0.05) is 5.39 Å². The van der Waals surface area contributed by atoms with Crippen LogP contribution in [0, 0.1) is 0 Å². The Balaban J connectivity index is 1.31. The van der Waals surface area contributed by atoms with Crippen molar-refractivity contribution in [1.82, 2.24) is 10.2 Å². The molecule has 0 radical (unpaired) electrons. The van der Waals surface area contributed by atoms with E-state index in [1.165, 1.54) is 16.7 Å². The number of esters is 1. The number of fused-ring (bicyclic) bond motifs is 1. The van der Waals surface area contributed by atoms with E-state index in [1.807, 2.05) is 60.7 Å². The third-order valence-corrected chi connectivity index (χ3v) is 5.86. The van der Waals surface area contributed by atoms with Gasteiger partial charge in [0.2, 0.25) is 11.8 Å². The van der Waals surface area contributed by atoms with Gasteiger partial charge in [-0.3, -0.25) is 14.4 Å². The highest BCUT2D eigenvalue weighted by molar-refractivity contribution is 8.00. The van der Waals surface area contributed by atoms with Gasteiger partial charge in [-0.05, 0) is 17.7 Å². The number of rotatable bonds is 7. The lowest BCUT2D eigenvalue weighted by Gasteiger charge is -2.21. The lowest BCUT2D eigenvalue weighted by Crippen LogP contribution is -2.41. The largest absolute Gasteiger partial charge is 0.460 e. The Morgan fingerprint density at radius 1 is 1.13 bits per heavy atom. The topological polar surface area (TPSA) is 88.9 Å². The van der Waals surface area contributed by atoms with E-state index < -0.39 is 11.9 Å². The molecule has 1 aliphatic heterocycles. The van der Waals surface area contributed by atoms with Crippen LogP contribution in [-0.4, -0.2) is 41.5 Å². The van der Waals surface area contributed by atoms with Gasteiger partial charge in [0.15, 0.2) is 0 Å². The molecule has 2 heterocycles. The van der Waals surface area contributed by atoms with Gasteiger partial charge in [-0.2, -0.15) is 0 Å². The summed E-state index contributed by atoms with van der Waals surface area (Å²) in [6.07, 6.45) is 0. The van der Waals surface area contributed by atoms with Gasteiger partial charge in [0.1, 0.15) is 36.4 Å². The molecule has 1 N–H and O–H groups in total. The molecule has 0 bridgehead atoms. The van der Waals surface area contributed by atoms with E-state index >= 15 is 0 Å². The van der Waals surface area contributed by atoms with Crippen molar-refractivity contribution in [3.63, 3.8) is 0 Å². The van der Waals surface area contributed by atoms with Crippen LogP contribution in [0.25, 0.3) is 11.0 Å². The average Bonchev–Trinajstić information content (AvgIpc) is 3.35. The molecule has 30 heavy (non-hydrogen) atoms. The quantitative estimate of drug-likeness (QED) is 0.587. The molecular formula is C22H20N2O5S. The molecule has 0 aliphatic carbocycles. The third kappa shape index (κ3) is 4.65. The van der Waals surface area contributed by atoms with Crippen LogP contribution < -0.4 is 5.32 Å². The normalized spacial score (nSPS) is 16.1. The highest BCUT2D eigenvalue weighted by Crippen LogP contribution is 2.40. The van der Waals surface area contributed by atoms with Crippen molar-refractivity contribution in [1.29, 1.82) is 0 Å². The number of benzene rings is 2. The minimum Gasteiger partial charge on any atom is -0.460 e. The van der Waals surface area contributed by atoms with Gasteiger partial charge < -0.3 is 19.4 Å². The molecule has 2 amide bonds. The average molecular weight is 424 g/mol. The lowest BCUT2D eigenvalue weighted by atomic mass is 10.2. The Labute approximate surface area is 177 Å². The van der Waals surface area contributed by atoms with Crippen molar-refractivity contribution in [2.75, 3.05) is 18.8 Å². The highest BCUT2D eigenvalue weighted by atomic mass is 32.2. The maximum Gasteiger partial charge on any atom is 0.325 e. The second kappa shape index (κ2) is 9.04. The number of hydrogen-bond acceptors (Lipinski definition) is 6. The van der Waals surface area contributed by atoms with E-state index in [2.05, 4.69) is 5.32 Å². The first-order valence-corrected chi connectivity index (χ1v) is 10.5. The summed E-state index contributed by atoms with van der Waals surface area (Å²) in [4.78, 5) is 38.0. The van der Waals surface area contributed by atoms with E-state index in [1.54, 1.807) is 0 Å². The SMILES string of the molecule is O=C(CN1C(=O)CSC1c1cc2ccccc2o1)NCC(=O)OCc1ccccc1. The Hall–Kier alpha value is -3.26. The molecule has 4 rings (SSSR count). The molecular weight excluding hydrogens is 404 g/mol. The van der Waals surface area contributed by atoms with E-state index in [9.17, 15) is 14.4 Å². The first kappa shape index (κ1) is 20.0. The summed E-state index contributed by atoms with van der Waals surface area (Å²) < 4.78 is 11.0. The van der Waals surface area contributed by atoms with E-state index in [-0.39, 0.29) is 36.7 Å². The maximum atomic E-state index is 12.3. The molecule has 1 fully saturated rings. The van der Waals surface area contributed by atoms with Gasteiger partial charge in [-0.25, -0.2) is 0 Å². The van der Waals surface area contributed by atoms with Gasteiger partial charge in [-0.15, -0.1) is 11.8 Å². The monoisotopic (exact) mass is 424 g/mol. The summed E-state index contributed by atoms with van der Waals surface area (Å²) in [7, 11) is 0. The van der Waals surface area contributed by atoms with Gasteiger partial charge in [0.25, 0.3) is 0 Å². The van der Waals surface area contributed by atoms with Crippen LogP contribution in [0.15, 0.2) is 65.1 Å². The van der Waals surface area contributed by atoms with Crippen LogP contribution in [0.1, 0.15) is 16.7 Å². The van der Waals surface area contributed by atoms with Crippen LogP contribution in [0.4, 0.5) is 0 Å². The Morgan fingerprint density at radius 3 is 2.70 bits per heavy atom. The molecule has 1 aliphatic rings. The van der Waals surface area contributed by atoms with Crippen LogP contribution in [-0.2, 0) is 25.7 Å². The predicted molar refractivity (Wildman–Crippen MR) is 112 cm³/mol. The van der Waals surface area contributed by atoms with Crippen LogP contribution in [0.3, 0.4) is 0 Å². The first-order valence-electron chi connectivity index (χ1n) is 9.46. The Bertz CT molecular complexity index is 1030. The third-order valence-electron chi connectivity index (χ3n) is 4.64. The zero-order valence-corrected chi connectivity index (χ0v) is 16.9. The fraction of sp³-hybridized carbons (Fsp3) is 0.227. The molecule has 0 spiro atoms. The first-order chi connectivity index (χ1) is 14.6. The molecule has 1 atom stereocenters. The van der Waals surface area contributed by atoms with E-state index in [4.69, 9.17) is 9.15 Å². The summed E-state index contributed by atoms with van der Waals surface area (Å²) in [5, 5.41) is 3.09. The molecule has 154 valence electrons. The number of carbonyl (C=O) groups excluding carboxylic acids is 3. The second-order valence-electron chi connectivity index (χ2n) is 6.79. The minimum absolute atomic E-state index is 0.144. The molecule has 2 aromatic carbocycles. The number of amides is 2. The van der Waals surface area contributed by atoms with Crippen molar-refractivity contribution in [2.45, 2.75) is 12.0 Å². The zero-order chi connectivity index (χ0) is 20.9. The highest BCUT2D eigenvalue weighted by Gasteiger charge is 2.36.